The van der Waals surface area contributed by atoms with E-state index in [0.717, 1.165) is 29.5 Å². The lowest BCUT2D eigenvalue weighted by atomic mass is 10.1. The van der Waals surface area contributed by atoms with Gasteiger partial charge in [-0.15, -0.1) is 11.3 Å². The maximum absolute atomic E-state index is 13.2. The molecule has 1 aliphatic rings. The highest BCUT2D eigenvalue weighted by molar-refractivity contribution is 7.21. The summed E-state index contributed by atoms with van der Waals surface area (Å²) in [5.41, 5.74) is 1.86. The molecule has 0 saturated carbocycles. The number of hydrogen-bond acceptors (Lipinski definition) is 7. The van der Waals surface area contributed by atoms with Crippen molar-refractivity contribution >= 4 is 44.3 Å². The van der Waals surface area contributed by atoms with E-state index < -0.39 is 0 Å². The molecule has 0 spiro atoms. The first-order valence-electron chi connectivity index (χ1n) is 11.7. The number of thiophene rings is 1. The van der Waals surface area contributed by atoms with Gasteiger partial charge in [0.15, 0.2) is 0 Å². The lowest BCUT2D eigenvalue weighted by Gasteiger charge is -2.23. The Hall–Kier alpha value is -3.43. The average molecular weight is 494 g/mol. The van der Waals surface area contributed by atoms with Crippen molar-refractivity contribution in [1.29, 1.82) is 0 Å². The lowest BCUT2D eigenvalue weighted by molar-refractivity contribution is 0.0635. The molecule has 4 aromatic rings. The third-order valence-electron chi connectivity index (χ3n) is 6.32. The molecule has 9 heteroatoms. The molecule has 0 radical (unpaired) electrons. The quantitative estimate of drug-likeness (QED) is 0.389. The number of methoxy groups -OCH3 is 1. The van der Waals surface area contributed by atoms with Gasteiger partial charge in [0.1, 0.15) is 22.8 Å². The molecule has 1 N–H and O–H groups in total. The number of benzene rings is 1. The molecule has 2 amide bonds. The number of hydrogen-bond donors (Lipinski definition) is 1. The molecule has 1 aliphatic heterocycles. The molecule has 0 unspecified atom stereocenters. The first-order chi connectivity index (χ1) is 17.0. The Balaban J connectivity index is 1.45. The molecule has 1 saturated heterocycles. The van der Waals surface area contributed by atoms with Crippen LogP contribution in [0.1, 0.15) is 45.6 Å². The van der Waals surface area contributed by atoms with Crippen molar-refractivity contribution in [3.05, 3.63) is 52.7 Å². The monoisotopic (exact) mass is 493 g/mol. The zero-order valence-corrected chi connectivity index (χ0v) is 20.7. The van der Waals surface area contributed by atoms with Crippen LogP contribution in [0.4, 0.5) is 0 Å². The zero-order chi connectivity index (χ0) is 24.5. The topological polar surface area (TPSA) is 93.9 Å². The molecular formula is C26H27N3O5S. The van der Waals surface area contributed by atoms with Crippen molar-refractivity contribution in [3.63, 3.8) is 0 Å². The summed E-state index contributed by atoms with van der Waals surface area (Å²) in [5.74, 6) is 1.65. The fourth-order valence-electron chi connectivity index (χ4n) is 4.65. The van der Waals surface area contributed by atoms with Crippen molar-refractivity contribution in [2.75, 3.05) is 27.3 Å². The second kappa shape index (κ2) is 9.67. The van der Waals surface area contributed by atoms with Gasteiger partial charge in [0.05, 0.1) is 33.3 Å². The Morgan fingerprint density at radius 2 is 2.14 bits per heavy atom. The van der Waals surface area contributed by atoms with E-state index in [9.17, 15) is 9.59 Å². The summed E-state index contributed by atoms with van der Waals surface area (Å²) in [6.45, 7) is 3.23. The molecular weight excluding hydrogens is 466 g/mol. The number of carbonyl (C=O) groups excluding carboxylic acids is 2. The van der Waals surface area contributed by atoms with Crippen LogP contribution in [-0.2, 0) is 11.2 Å². The van der Waals surface area contributed by atoms with Gasteiger partial charge >= 0.3 is 0 Å². The predicted octanol–water partition coefficient (Wildman–Crippen LogP) is 5.01. The van der Waals surface area contributed by atoms with E-state index >= 15 is 0 Å². The third kappa shape index (κ3) is 4.26. The average Bonchev–Trinajstić information content (AvgIpc) is 3.60. The summed E-state index contributed by atoms with van der Waals surface area (Å²) in [4.78, 5) is 32.6. The number of aromatic nitrogens is 1. The van der Waals surface area contributed by atoms with Crippen LogP contribution in [0.25, 0.3) is 21.2 Å². The highest BCUT2D eigenvalue weighted by Gasteiger charge is 2.30. The number of aryl methyl sites for hydroxylation is 1. The number of likely N-dealkylation sites (tertiary alicyclic amines) is 1. The van der Waals surface area contributed by atoms with Crippen LogP contribution < -0.4 is 10.1 Å². The number of amides is 2. The smallest absolute Gasteiger partial charge is 0.264 e. The van der Waals surface area contributed by atoms with Crippen molar-refractivity contribution in [1.82, 2.24) is 15.2 Å². The lowest BCUT2D eigenvalue weighted by Crippen LogP contribution is -2.37. The third-order valence-corrected chi connectivity index (χ3v) is 7.45. The Kier molecular flexibility index (Phi) is 6.44. The minimum absolute atomic E-state index is 0.00401. The van der Waals surface area contributed by atoms with Gasteiger partial charge in [-0.3, -0.25) is 14.6 Å². The Morgan fingerprint density at radius 1 is 1.29 bits per heavy atom. The molecule has 4 heterocycles. The van der Waals surface area contributed by atoms with E-state index in [1.807, 2.05) is 30.0 Å². The highest BCUT2D eigenvalue weighted by Crippen LogP contribution is 2.37. The Labute approximate surface area is 206 Å². The van der Waals surface area contributed by atoms with Gasteiger partial charge in [0.2, 0.25) is 0 Å². The van der Waals surface area contributed by atoms with Crippen LogP contribution >= 0.6 is 11.3 Å². The van der Waals surface area contributed by atoms with Crippen LogP contribution in [0.2, 0.25) is 0 Å². The summed E-state index contributed by atoms with van der Waals surface area (Å²) in [6.07, 6.45) is 4.21. The molecule has 0 bridgehead atoms. The first-order valence-corrected chi connectivity index (χ1v) is 12.5. The highest BCUT2D eigenvalue weighted by atomic mass is 32.1. The molecule has 1 aromatic carbocycles. The van der Waals surface area contributed by atoms with E-state index in [1.54, 1.807) is 32.5 Å². The molecule has 1 atom stereocenters. The minimum atomic E-state index is -0.174. The van der Waals surface area contributed by atoms with Gasteiger partial charge in [-0.05, 0) is 31.0 Å². The molecule has 5 rings (SSSR count). The Bertz CT molecular complexity index is 1410. The number of nitrogens with zero attached hydrogens (tertiary/aromatic N) is 2. The summed E-state index contributed by atoms with van der Waals surface area (Å²) in [6, 6.07) is 9.16. The first kappa shape index (κ1) is 23.3. The van der Waals surface area contributed by atoms with Crippen LogP contribution in [0, 0.1) is 0 Å². The van der Waals surface area contributed by atoms with Gasteiger partial charge in [0.25, 0.3) is 11.8 Å². The van der Waals surface area contributed by atoms with Crippen LogP contribution in [0.5, 0.6) is 11.5 Å². The molecule has 3 aromatic heterocycles. The number of nitrogens with one attached hydrogen (secondary N) is 1. The van der Waals surface area contributed by atoms with Gasteiger partial charge in [-0.1, -0.05) is 6.92 Å². The van der Waals surface area contributed by atoms with Gasteiger partial charge in [-0.2, -0.15) is 0 Å². The number of fused-ring (bicyclic) bond motifs is 2. The van der Waals surface area contributed by atoms with Crippen molar-refractivity contribution in [2.45, 2.75) is 32.2 Å². The molecule has 35 heavy (non-hydrogen) atoms. The van der Waals surface area contributed by atoms with Crippen molar-refractivity contribution < 1.29 is 23.5 Å². The molecule has 1 fully saturated rings. The second-order valence-corrected chi connectivity index (χ2v) is 9.53. The molecule has 8 nitrogen and oxygen atoms in total. The predicted molar refractivity (Wildman–Crippen MR) is 135 cm³/mol. The number of pyridine rings is 1. The van der Waals surface area contributed by atoms with E-state index in [4.69, 9.17) is 13.9 Å². The van der Waals surface area contributed by atoms with Gasteiger partial charge in [0, 0.05) is 50.8 Å². The summed E-state index contributed by atoms with van der Waals surface area (Å²) < 4.78 is 18.3. The van der Waals surface area contributed by atoms with Crippen LogP contribution in [0.15, 0.2) is 40.9 Å². The maximum Gasteiger partial charge on any atom is 0.264 e. The van der Waals surface area contributed by atoms with E-state index in [0.29, 0.717) is 51.8 Å². The number of carbonyl (C=O) groups is 2. The minimum Gasteiger partial charge on any atom is -0.460 e. The maximum atomic E-state index is 13.2. The summed E-state index contributed by atoms with van der Waals surface area (Å²) in [5, 5.41) is 3.42. The fraction of sp³-hybridized carbons (Fsp3) is 0.346. The number of ether oxygens (including phenoxy) is 2. The largest absolute Gasteiger partial charge is 0.460 e. The fourth-order valence-corrected chi connectivity index (χ4v) is 5.67. The zero-order valence-electron chi connectivity index (χ0n) is 19.9. The van der Waals surface area contributed by atoms with Crippen molar-refractivity contribution in [2.24, 2.45) is 0 Å². The normalized spacial score (nSPS) is 15.7. The standard InChI is InChI=1S/C26H27N3O5S/c1-4-19-23(25(30)27-2)17-8-7-16(12-21(17)34-19)33-20-9-10-28-18-13-22(35-24(18)20)26(31)29-11-5-6-15(29)14-32-3/h7-10,12-13,15H,4-6,11,14H2,1-3H3,(H,27,30)/t15-/m0/s1. The molecule has 182 valence electrons. The molecule has 0 aliphatic carbocycles. The van der Waals surface area contributed by atoms with E-state index in [1.165, 1.54) is 11.3 Å². The summed E-state index contributed by atoms with van der Waals surface area (Å²) in [7, 11) is 3.27. The van der Waals surface area contributed by atoms with Gasteiger partial charge < -0.3 is 24.1 Å². The number of furan rings is 1. The van der Waals surface area contributed by atoms with Gasteiger partial charge in [-0.25, -0.2) is 0 Å². The second-order valence-electron chi connectivity index (χ2n) is 8.48. The van der Waals surface area contributed by atoms with Crippen LogP contribution in [0.3, 0.4) is 0 Å². The number of rotatable bonds is 7. The summed E-state index contributed by atoms with van der Waals surface area (Å²) >= 11 is 1.38. The van der Waals surface area contributed by atoms with E-state index in [-0.39, 0.29) is 17.9 Å². The van der Waals surface area contributed by atoms with Crippen LogP contribution in [-0.4, -0.2) is 55.0 Å². The van der Waals surface area contributed by atoms with E-state index in [2.05, 4.69) is 10.3 Å². The SMILES string of the molecule is CCc1oc2cc(Oc3ccnc4cc(C(=O)N5CCC[C@H]5COC)sc34)ccc2c1C(=O)NC. The Morgan fingerprint density at radius 3 is 2.91 bits per heavy atom. The van der Waals surface area contributed by atoms with Crippen molar-refractivity contribution in [3.8, 4) is 11.5 Å².